The molecule has 5 heterocycles. The largest absolute Gasteiger partial charge is 0.394 e. The van der Waals surface area contributed by atoms with Crippen molar-refractivity contribution in [2.45, 2.75) is 246 Å². The van der Waals surface area contributed by atoms with Crippen molar-refractivity contribution in [3.8, 4) is 0 Å². The van der Waals surface area contributed by atoms with Crippen LogP contribution in [0.3, 0.4) is 0 Å². The fourth-order valence-electron chi connectivity index (χ4n) is 14.1. The van der Waals surface area contributed by atoms with Crippen LogP contribution in [0.4, 0.5) is 0 Å². The molecule has 424 valence electrons. The molecule has 5 saturated heterocycles. The van der Waals surface area contributed by atoms with Gasteiger partial charge in [-0.25, -0.2) is 0 Å². The second-order valence-electron chi connectivity index (χ2n) is 23.1. The van der Waals surface area contributed by atoms with E-state index in [1.54, 1.807) is 13.8 Å². The quantitative estimate of drug-likeness (QED) is 0.0838. The minimum Gasteiger partial charge on any atom is -0.394 e. The average Bonchev–Trinajstić information content (AvgIpc) is 3.73. The Morgan fingerprint density at radius 2 is 1.12 bits per heavy atom. The van der Waals surface area contributed by atoms with Crippen LogP contribution in [0.25, 0.3) is 0 Å². The molecule has 0 bridgehead atoms. The Bertz CT molecular complexity index is 1970. The zero-order valence-electron chi connectivity index (χ0n) is 42.6. The van der Waals surface area contributed by atoms with Crippen LogP contribution >= 0.6 is 0 Å². The van der Waals surface area contributed by atoms with Gasteiger partial charge in [-0.15, -0.1) is 0 Å². The molecule has 24 heteroatoms. The monoisotopic (exact) mass is 1060 g/mol. The predicted molar refractivity (Wildman–Crippen MR) is 246 cm³/mol. The summed E-state index contributed by atoms with van der Waals surface area (Å²) < 4.78 is 60.8. The molecule has 4 aliphatic carbocycles. The first kappa shape index (κ1) is 57.2. The molecule has 5 aliphatic heterocycles. The number of allylic oxidation sites excluding steroid dienone is 2. The fourth-order valence-corrected chi connectivity index (χ4v) is 14.1. The Balaban J connectivity index is 0.966. The van der Waals surface area contributed by atoms with E-state index in [9.17, 15) is 71.2 Å². The topological polar surface area (TPSA) is 372 Å². The summed E-state index contributed by atoms with van der Waals surface area (Å²) in [6.07, 6.45) is -33.5. The first-order valence-electron chi connectivity index (χ1n) is 26.4. The molecule has 0 amide bonds. The van der Waals surface area contributed by atoms with Gasteiger partial charge in [-0.2, -0.15) is 0 Å². The smallest absolute Gasteiger partial charge is 0.187 e. The molecule has 8 fully saturated rings. The third-order valence-electron chi connectivity index (χ3n) is 18.6. The molecule has 0 aromatic heterocycles. The maximum Gasteiger partial charge on any atom is 0.187 e. The second kappa shape index (κ2) is 22.2. The highest BCUT2D eigenvalue weighted by molar-refractivity contribution is 5.79. The van der Waals surface area contributed by atoms with E-state index >= 15 is 0 Å². The molecular formula is C50H80O24. The average molecular weight is 1070 g/mol. The van der Waals surface area contributed by atoms with Crippen LogP contribution in [0, 0.1) is 34.5 Å². The van der Waals surface area contributed by atoms with Gasteiger partial charge < -0.3 is 114 Å². The van der Waals surface area contributed by atoms with E-state index in [0.717, 1.165) is 19.3 Å². The second-order valence-corrected chi connectivity index (χ2v) is 23.1. The molecule has 74 heavy (non-hydrogen) atoms. The Morgan fingerprint density at radius 3 is 1.72 bits per heavy atom. The number of hydrogen-bond acceptors (Lipinski definition) is 24. The number of ketones is 1. The molecule has 0 spiro atoms. The third-order valence-corrected chi connectivity index (χ3v) is 18.6. The summed E-state index contributed by atoms with van der Waals surface area (Å²) in [7, 11) is 0. The molecule has 9 rings (SSSR count). The number of aliphatic hydroxyl groups excluding tert-OH is 13. The summed E-state index contributed by atoms with van der Waals surface area (Å²) in [5.74, 6) is 0.166. The van der Waals surface area contributed by atoms with Crippen molar-refractivity contribution < 1.29 is 119 Å². The summed E-state index contributed by atoms with van der Waals surface area (Å²) >= 11 is 0. The first-order valence-corrected chi connectivity index (χ1v) is 26.4. The molecule has 13 N–H and O–H groups in total. The Morgan fingerprint density at radius 1 is 0.568 bits per heavy atom. The first-order chi connectivity index (χ1) is 34.9. The van der Waals surface area contributed by atoms with Gasteiger partial charge in [-0.3, -0.25) is 4.79 Å². The number of carbonyl (C=O) groups is 1. The van der Waals surface area contributed by atoms with E-state index in [2.05, 4.69) is 19.9 Å². The number of fused-ring (bicyclic) bond motifs is 5. The van der Waals surface area contributed by atoms with Crippen LogP contribution in [0.5, 0.6) is 0 Å². The fraction of sp³-hybridized carbons (Fsp3) is 0.940. The molecule has 24 nitrogen and oxygen atoms in total. The van der Waals surface area contributed by atoms with Crippen molar-refractivity contribution in [1.29, 1.82) is 0 Å². The SMILES string of the molecule is CC(=O)[C@H]1CC[C@H]2[C@@H]3C[C@H](O[C@@H]4OC(C)[C@@H](O)C(O[C@@H]5OC[C@@H](O[C@@H]6OC(CO)[C@H](O)C(O)C6O[C@@H]6OC(C)[C@H](O)C(O)C6O)C(O)C5O[C@@H]5OC(C)[C@@H](O)C(O)C5O)C4O)[C@H]4C[C@@H](O)CC[C@]4(C)C3=CC[C@]12C. The maximum absolute atomic E-state index is 12.9. The normalized spacial score (nSPS) is 55.9. The highest BCUT2D eigenvalue weighted by atomic mass is 16.8. The molecule has 32 atom stereocenters. The molecule has 0 aromatic rings. The number of aliphatic hydroxyl groups is 13. The van der Waals surface area contributed by atoms with Crippen molar-refractivity contribution in [2.24, 2.45) is 34.5 Å². The minimum absolute atomic E-state index is 0.0572. The molecule has 3 saturated carbocycles. The van der Waals surface area contributed by atoms with Gasteiger partial charge >= 0.3 is 0 Å². The van der Waals surface area contributed by atoms with Crippen molar-refractivity contribution in [1.82, 2.24) is 0 Å². The lowest BCUT2D eigenvalue weighted by molar-refractivity contribution is -0.398. The summed E-state index contributed by atoms with van der Waals surface area (Å²) in [6, 6.07) is 0. The van der Waals surface area contributed by atoms with Crippen LogP contribution in [-0.4, -0.2) is 245 Å². The number of carbonyl (C=O) groups excluding carboxylic acids is 1. The number of ether oxygens (including phenoxy) is 10. The Labute approximate surface area is 429 Å². The number of rotatable bonds is 12. The Hall–Kier alpha value is -1.51. The zero-order chi connectivity index (χ0) is 53.6. The molecular weight excluding hydrogens is 985 g/mol. The summed E-state index contributed by atoms with van der Waals surface area (Å²) in [5.41, 5.74) is 0.717. The van der Waals surface area contributed by atoms with Crippen LogP contribution in [0.1, 0.15) is 86.5 Å². The highest BCUT2D eigenvalue weighted by Gasteiger charge is 2.62. The number of Topliss-reactive ketones (excluding diaryl/α,β-unsaturated/α-hetero) is 1. The van der Waals surface area contributed by atoms with E-state index in [1.807, 2.05) is 0 Å². The standard InChI is InChI=1S/C50H80O24/c1-17(52)23-7-8-24-22-14-27(26-13-21(53)9-11-50(26,6)25(22)10-12-49(23,24)5)69-46-40(64)41(32(56)20(4)68-46)72-47-42(73-44-38(62)35(59)30(54)18(2)66-44)34(58)29(16-65-47)71-48-43(37(61)33(57)28(15-51)70-48)74-45-39(63)36(60)31(55)19(3)67-45/h10,18-24,26-48,51,53-64H,7-9,11-16H2,1-6H3/t18?,19?,20?,21-,22-,23+,24-,26+,27-,28?,29+,30+,31-,32+,33-,34?,35?,36?,37?,38?,39?,40?,41?,42?,43?,44-,45-,46-,47-,48-,49+,50+/m0/s1. The van der Waals surface area contributed by atoms with Crippen molar-refractivity contribution in [3.63, 3.8) is 0 Å². The lowest BCUT2D eigenvalue weighted by atomic mass is 9.48. The summed E-state index contributed by atoms with van der Waals surface area (Å²) in [6.45, 7) is 8.97. The van der Waals surface area contributed by atoms with E-state index in [0.29, 0.717) is 25.7 Å². The van der Waals surface area contributed by atoms with E-state index in [-0.39, 0.29) is 40.3 Å². The third kappa shape index (κ3) is 10.2. The minimum atomic E-state index is -1.92. The van der Waals surface area contributed by atoms with Crippen molar-refractivity contribution in [2.75, 3.05) is 13.2 Å². The van der Waals surface area contributed by atoms with Gasteiger partial charge in [0.15, 0.2) is 31.5 Å². The molecule has 0 aromatic carbocycles. The van der Waals surface area contributed by atoms with E-state index in [1.165, 1.54) is 19.4 Å². The van der Waals surface area contributed by atoms with E-state index < -0.39 is 173 Å². The van der Waals surface area contributed by atoms with Gasteiger partial charge in [-0.05, 0) is 101 Å². The Kier molecular flexibility index (Phi) is 17.2. The molecule has 9 aliphatic rings. The lowest BCUT2D eigenvalue weighted by Gasteiger charge is -2.59. The highest BCUT2D eigenvalue weighted by Crippen LogP contribution is 2.66. The van der Waals surface area contributed by atoms with Gasteiger partial charge in [0.25, 0.3) is 0 Å². The molecule has 0 radical (unpaired) electrons. The van der Waals surface area contributed by atoms with Gasteiger partial charge in [-0.1, -0.05) is 25.5 Å². The van der Waals surface area contributed by atoms with Gasteiger partial charge in [0.05, 0.1) is 43.7 Å². The predicted octanol–water partition coefficient (Wildman–Crippen LogP) is -3.67. The maximum atomic E-state index is 12.9. The van der Waals surface area contributed by atoms with Crippen LogP contribution in [0.2, 0.25) is 0 Å². The van der Waals surface area contributed by atoms with Gasteiger partial charge in [0.2, 0.25) is 0 Å². The summed E-state index contributed by atoms with van der Waals surface area (Å²) in [4.78, 5) is 12.9. The zero-order valence-corrected chi connectivity index (χ0v) is 42.6. The van der Waals surface area contributed by atoms with E-state index in [4.69, 9.17) is 47.4 Å². The molecule has 14 unspecified atom stereocenters. The van der Waals surface area contributed by atoms with Crippen LogP contribution < -0.4 is 0 Å². The van der Waals surface area contributed by atoms with Crippen LogP contribution in [-0.2, 0) is 52.2 Å². The van der Waals surface area contributed by atoms with Crippen LogP contribution in [0.15, 0.2) is 11.6 Å². The lowest BCUT2D eigenvalue weighted by Crippen LogP contribution is -2.67. The number of hydrogen-bond donors (Lipinski definition) is 13. The van der Waals surface area contributed by atoms with Crippen molar-refractivity contribution in [3.05, 3.63) is 11.6 Å². The summed E-state index contributed by atoms with van der Waals surface area (Å²) in [5, 5.41) is 143. The van der Waals surface area contributed by atoms with Crippen molar-refractivity contribution >= 4 is 5.78 Å². The van der Waals surface area contributed by atoms with Gasteiger partial charge in [0.1, 0.15) is 103 Å². The van der Waals surface area contributed by atoms with Gasteiger partial charge in [0, 0.05) is 5.92 Å².